The van der Waals surface area contributed by atoms with Crippen LogP contribution in [0, 0.1) is 10.8 Å². The number of carboxylic acid groups (broad SMARTS) is 1. The van der Waals surface area contributed by atoms with Gasteiger partial charge in [-0.15, -0.1) is 0 Å². The van der Waals surface area contributed by atoms with Crippen molar-refractivity contribution >= 4 is 17.6 Å². The maximum absolute atomic E-state index is 11.8. The van der Waals surface area contributed by atoms with Gasteiger partial charge in [-0.1, -0.05) is 32.4 Å². The first-order valence-corrected chi connectivity index (χ1v) is 8.36. The zero-order chi connectivity index (χ0) is 18.6. The van der Waals surface area contributed by atoms with Crippen LogP contribution in [0.1, 0.15) is 52.7 Å². The molecule has 1 aromatic rings. The summed E-state index contributed by atoms with van der Waals surface area (Å²) in [4.78, 5) is 16.1. The first-order valence-electron chi connectivity index (χ1n) is 7.98. The number of carboxylic acids is 1. The first-order chi connectivity index (χ1) is 11.0. The molecule has 1 unspecified atom stereocenters. The molecule has 6 heteroatoms. The number of aliphatic carboxylic acids is 1. The number of halogens is 1. The van der Waals surface area contributed by atoms with Gasteiger partial charge in [0.05, 0.1) is 5.41 Å². The minimum absolute atomic E-state index is 0.365. The number of pyridine rings is 1. The monoisotopic (exact) mass is 357 g/mol. The fourth-order valence-electron chi connectivity index (χ4n) is 2.72. The Labute approximate surface area is 149 Å². The van der Waals surface area contributed by atoms with Gasteiger partial charge in [0.25, 0.3) is 0 Å². The van der Waals surface area contributed by atoms with Crippen LogP contribution < -0.4 is 0 Å². The number of nitrogens with zero attached hydrogens (tertiary/aromatic N) is 1. The first kappa shape index (κ1) is 20.9. The quantitative estimate of drug-likeness (QED) is 0.694. The minimum Gasteiger partial charge on any atom is -0.481 e. The van der Waals surface area contributed by atoms with Crippen LogP contribution >= 0.6 is 11.6 Å². The fraction of sp³-hybridized carbons (Fsp3) is 0.667. The number of aromatic nitrogens is 1. The van der Waals surface area contributed by atoms with E-state index in [2.05, 4.69) is 4.98 Å². The number of rotatable bonds is 8. The number of carbonyl (C=O) groups is 1. The lowest BCUT2D eigenvalue weighted by atomic mass is 9.65. The Morgan fingerprint density at radius 2 is 1.79 bits per heavy atom. The number of methoxy groups -OCH3 is 2. The standard InChI is InChI=1S/C18H28ClNO4/c1-16(2,3)17(4,15(21)22)9-7-10-18(23-5,24-6)14-12-13(19)8-11-20-14/h8,11-12H,7,9-10H2,1-6H3,(H,21,22). The van der Waals surface area contributed by atoms with Crippen molar-refractivity contribution in [2.45, 2.75) is 52.7 Å². The zero-order valence-electron chi connectivity index (χ0n) is 15.4. The molecule has 24 heavy (non-hydrogen) atoms. The van der Waals surface area contributed by atoms with Gasteiger partial charge in [0.15, 0.2) is 0 Å². The lowest BCUT2D eigenvalue weighted by molar-refractivity contribution is -0.224. The Balaban J connectivity index is 2.97. The second-order valence-electron chi connectivity index (χ2n) is 7.26. The van der Waals surface area contributed by atoms with Crippen LogP contribution in [0.2, 0.25) is 5.02 Å². The van der Waals surface area contributed by atoms with Crippen molar-refractivity contribution in [2.75, 3.05) is 14.2 Å². The highest BCUT2D eigenvalue weighted by atomic mass is 35.5. The van der Waals surface area contributed by atoms with Gasteiger partial charge in [0.1, 0.15) is 5.69 Å². The summed E-state index contributed by atoms with van der Waals surface area (Å²) in [5.41, 5.74) is -0.634. The predicted molar refractivity (Wildman–Crippen MR) is 94.0 cm³/mol. The Bertz CT molecular complexity index is 566. The highest BCUT2D eigenvalue weighted by Gasteiger charge is 2.45. The summed E-state index contributed by atoms with van der Waals surface area (Å²) in [7, 11) is 3.10. The summed E-state index contributed by atoms with van der Waals surface area (Å²) in [6.45, 7) is 7.62. The van der Waals surface area contributed by atoms with Gasteiger partial charge >= 0.3 is 5.97 Å². The summed E-state index contributed by atoms with van der Waals surface area (Å²) in [6, 6.07) is 3.39. The van der Waals surface area contributed by atoms with Crippen molar-refractivity contribution < 1.29 is 19.4 Å². The van der Waals surface area contributed by atoms with Gasteiger partial charge in [-0.3, -0.25) is 9.78 Å². The molecule has 1 rings (SSSR count). The molecule has 0 radical (unpaired) electrons. The molecule has 0 aliphatic rings. The van der Waals surface area contributed by atoms with E-state index in [0.29, 0.717) is 30.0 Å². The molecule has 0 aromatic carbocycles. The lowest BCUT2D eigenvalue weighted by Gasteiger charge is -2.39. The van der Waals surface area contributed by atoms with E-state index in [0.717, 1.165) is 0 Å². The highest BCUT2D eigenvalue weighted by molar-refractivity contribution is 6.30. The number of hydrogen-bond donors (Lipinski definition) is 1. The smallest absolute Gasteiger partial charge is 0.309 e. The minimum atomic E-state index is -1.04. The van der Waals surface area contributed by atoms with Crippen molar-refractivity contribution in [3.8, 4) is 0 Å². The molecule has 1 atom stereocenters. The molecule has 0 spiro atoms. The summed E-state index contributed by atoms with van der Waals surface area (Å²) in [6.07, 6.45) is 3.18. The molecule has 1 heterocycles. The fourth-order valence-corrected chi connectivity index (χ4v) is 2.87. The van der Waals surface area contributed by atoms with E-state index in [1.54, 1.807) is 39.5 Å². The van der Waals surface area contributed by atoms with Crippen LogP contribution in [-0.4, -0.2) is 30.3 Å². The zero-order valence-corrected chi connectivity index (χ0v) is 16.1. The molecule has 1 N–H and O–H groups in total. The van der Waals surface area contributed by atoms with Crippen molar-refractivity contribution in [3.05, 3.63) is 29.0 Å². The molecular formula is C18H28ClNO4. The van der Waals surface area contributed by atoms with Crippen LogP contribution in [0.5, 0.6) is 0 Å². The topological polar surface area (TPSA) is 68.7 Å². The summed E-state index contributed by atoms with van der Waals surface area (Å²) >= 11 is 6.04. The lowest BCUT2D eigenvalue weighted by Crippen LogP contribution is -2.41. The largest absolute Gasteiger partial charge is 0.481 e. The average Bonchev–Trinajstić information content (AvgIpc) is 2.50. The second kappa shape index (κ2) is 7.81. The van der Waals surface area contributed by atoms with Crippen LogP contribution in [-0.2, 0) is 20.1 Å². The maximum atomic E-state index is 11.8. The van der Waals surface area contributed by atoms with E-state index < -0.39 is 17.2 Å². The Kier molecular flexibility index (Phi) is 6.79. The van der Waals surface area contributed by atoms with Gasteiger partial charge in [0.2, 0.25) is 5.79 Å². The van der Waals surface area contributed by atoms with E-state index in [1.165, 1.54) is 0 Å². The average molecular weight is 358 g/mol. The highest BCUT2D eigenvalue weighted by Crippen LogP contribution is 2.44. The number of hydrogen-bond acceptors (Lipinski definition) is 4. The van der Waals surface area contributed by atoms with Crippen LogP contribution in [0.3, 0.4) is 0 Å². The van der Waals surface area contributed by atoms with Gasteiger partial charge in [-0.25, -0.2) is 0 Å². The van der Waals surface area contributed by atoms with E-state index in [-0.39, 0.29) is 5.41 Å². The second-order valence-corrected chi connectivity index (χ2v) is 7.70. The molecule has 0 saturated heterocycles. The molecule has 0 bridgehead atoms. The van der Waals surface area contributed by atoms with Crippen molar-refractivity contribution in [2.24, 2.45) is 10.8 Å². The van der Waals surface area contributed by atoms with Crippen LogP contribution in [0.25, 0.3) is 0 Å². The number of ether oxygens (including phenoxy) is 2. The van der Waals surface area contributed by atoms with E-state index >= 15 is 0 Å². The Morgan fingerprint density at radius 3 is 2.21 bits per heavy atom. The Morgan fingerprint density at radius 1 is 1.21 bits per heavy atom. The molecule has 0 aliphatic carbocycles. The molecule has 0 saturated carbocycles. The van der Waals surface area contributed by atoms with E-state index in [4.69, 9.17) is 21.1 Å². The summed E-state index contributed by atoms with van der Waals surface area (Å²) in [5.74, 6) is -1.83. The van der Waals surface area contributed by atoms with Crippen LogP contribution in [0.15, 0.2) is 18.3 Å². The third-order valence-electron chi connectivity index (χ3n) is 5.08. The van der Waals surface area contributed by atoms with Crippen LogP contribution in [0.4, 0.5) is 0 Å². The molecular weight excluding hydrogens is 330 g/mol. The molecule has 1 aromatic heterocycles. The SMILES string of the molecule is COC(CCCC(C)(C(=O)O)C(C)(C)C)(OC)c1cc(Cl)ccn1. The van der Waals surface area contributed by atoms with Gasteiger partial charge < -0.3 is 14.6 Å². The third kappa shape index (κ3) is 4.26. The maximum Gasteiger partial charge on any atom is 0.309 e. The van der Waals surface area contributed by atoms with Gasteiger partial charge in [0, 0.05) is 31.9 Å². The summed E-state index contributed by atoms with van der Waals surface area (Å²) in [5, 5.41) is 10.2. The van der Waals surface area contributed by atoms with E-state index in [9.17, 15) is 9.90 Å². The van der Waals surface area contributed by atoms with Gasteiger partial charge in [-0.2, -0.15) is 0 Å². The molecule has 0 amide bonds. The normalized spacial score (nSPS) is 15.1. The summed E-state index contributed by atoms with van der Waals surface area (Å²) < 4.78 is 11.2. The predicted octanol–water partition coefficient (Wildman–Crippen LogP) is 4.49. The third-order valence-corrected chi connectivity index (χ3v) is 5.32. The van der Waals surface area contributed by atoms with E-state index in [1.807, 2.05) is 20.8 Å². The molecule has 136 valence electrons. The van der Waals surface area contributed by atoms with Crippen molar-refractivity contribution in [3.63, 3.8) is 0 Å². The Hall–Kier alpha value is -1.17. The van der Waals surface area contributed by atoms with Gasteiger partial charge in [-0.05, 0) is 37.3 Å². The van der Waals surface area contributed by atoms with Crippen molar-refractivity contribution in [1.82, 2.24) is 4.98 Å². The molecule has 5 nitrogen and oxygen atoms in total. The molecule has 0 aliphatic heterocycles. The molecule has 0 fully saturated rings. The van der Waals surface area contributed by atoms with Crippen molar-refractivity contribution in [1.29, 1.82) is 0 Å².